The summed E-state index contributed by atoms with van der Waals surface area (Å²) in [5.41, 5.74) is 0.101. The fourth-order valence-electron chi connectivity index (χ4n) is 1.70. The maximum Gasteiger partial charge on any atom is 0.123 e. The van der Waals surface area contributed by atoms with Gasteiger partial charge in [0.25, 0.3) is 0 Å². The second-order valence-corrected chi connectivity index (χ2v) is 3.34. The summed E-state index contributed by atoms with van der Waals surface area (Å²) in [5, 5.41) is 3.44. The van der Waals surface area contributed by atoms with E-state index in [9.17, 15) is 0 Å². The van der Waals surface area contributed by atoms with E-state index < -0.39 is 0 Å². The Morgan fingerprint density at radius 2 is 2.55 bits per heavy atom. The minimum atomic E-state index is 0.101. The molecule has 60 valence electrons. The Bertz CT molecular complexity index is 222. The normalized spacial score (nSPS) is 31.0. The fraction of sp³-hybridized carbons (Fsp3) is 0.556. The highest BCUT2D eigenvalue weighted by Crippen LogP contribution is 2.29. The Morgan fingerprint density at radius 1 is 1.64 bits per heavy atom. The van der Waals surface area contributed by atoms with Crippen LogP contribution in [-0.4, -0.2) is 6.54 Å². The van der Waals surface area contributed by atoms with E-state index in [1.165, 1.54) is 12.8 Å². The minimum absolute atomic E-state index is 0.101. The molecule has 0 bridgehead atoms. The van der Waals surface area contributed by atoms with E-state index in [0.29, 0.717) is 0 Å². The fourth-order valence-corrected chi connectivity index (χ4v) is 1.70. The maximum absolute atomic E-state index is 5.36. The third-order valence-corrected chi connectivity index (χ3v) is 2.43. The Morgan fingerprint density at radius 3 is 3.09 bits per heavy atom. The highest BCUT2D eigenvalue weighted by molar-refractivity contribution is 5.12. The van der Waals surface area contributed by atoms with Gasteiger partial charge in [-0.25, -0.2) is 0 Å². The summed E-state index contributed by atoms with van der Waals surface area (Å²) < 4.78 is 5.36. The number of hydrogen-bond donors (Lipinski definition) is 1. The molecule has 1 atom stereocenters. The largest absolute Gasteiger partial charge is 0.467 e. The number of rotatable bonds is 1. The molecule has 2 heteroatoms. The van der Waals surface area contributed by atoms with Crippen LogP contribution in [0.4, 0.5) is 0 Å². The van der Waals surface area contributed by atoms with Crippen molar-refractivity contribution < 1.29 is 4.42 Å². The monoisotopic (exact) mass is 151 g/mol. The summed E-state index contributed by atoms with van der Waals surface area (Å²) in [7, 11) is 0. The Labute approximate surface area is 66.6 Å². The molecular weight excluding hydrogens is 138 g/mol. The lowest BCUT2D eigenvalue weighted by Crippen LogP contribution is -2.32. The zero-order valence-electron chi connectivity index (χ0n) is 6.76. The molecule has 1 fully saturated rings. The van der Waals surface area contributed by atoms with Crippen molar-refractivity contribution in [3.05, 3.63) is 24.2 Å². The smallest absolute Gasteiger partial charge is 0.123 e. The molecule has 0 aromatic carbocycles. The molecule has 0 aliphatic carbocycles. The topological polar surface area (TPSA) is 25.2 Å². The molecule has 2 rings (SSSR count). The summed E-state index contributed by atoms with van der Waals surface area (Å²) in [5.74, 6) is 1.06. The molecule has 11 heavy (non-hydrogen) atoms. The number of furan rings is 1. The van der Waals surface area contributed by atoms with Gasteiger partial charge >= 0.3 is 0 Å². The van der Waals surface area contributed by atoms with Crippen LogP contribution >= 0.6 is 0 Å². The van der Waals surface area contributed by atoms with E-state index in [1.54, 1.807) is 6.26 Å². The zero-order valence-corrected chi connectivity index (χ0v) is 6.76. The third-order valence-electron chi connectivity index (χ3n) is 2.43. The van der Waals surface area contributed by atoms with Gasteiger partial charge in [0.05, 0.1) is 11.8 Å². The third kappa shape index (κ3) is 1.07. The van der Waals surface area contributed by atoms with Crippen molar-refractivity contribution in [1.29, 1.82) is 0 Å². The molecule has 1 unspecified atom stereocenters. The molecule has 1 saturated heterocycles. The number of nitrogens with one attached hydrogen (secondary N) is 1. The van der Waals surface area contributed by atoms with Crippen LogP contribution in [0.1, 0.15) is 25.5 Å². The van der Waals surface area contributed by atoms with Crippen LogP contribution in [0.25, 0.3) is 0 Å². The van der Waals surface area contributed by atoms with Gasteiger partial charge < -0.3 is 9.73 Å². The Balaban J connectivity index is 2.27. The first-order valence-electron chi connectivity index (χ1n) is 4.10. The van der Waals surface area contributed by atoms with Crippen LogP contribution in [0.5, 0.6) is 0 Å². The van der Waals surface area contributed by atoms with Gasteiger partial charge in [-0.3, -0.25) is 0 Å². The van der Waals surface area contributed by atoms with Gasteiger partial charge in [0.1, 0.15) is 5.76 Å². The molecular formula is C9H13NO. The predicted octanol–water partition coefficient (Wildman–Crippen LogP) is 1.88. The van der Waals surface area contributed by atoms with Gasteiger partial charge in [-0.15, -0.1) is 0 Å². The first-order valence-corrected chi connectivity index (χ1v) is 4.10. The molecule has 1 aliphatic heterocycles. The van der Waals surface area contributed by atoms with Crippen LogP contribution in [0.2, 0.25) is 0 Å². The van der Waals surface area contributed by atoms with E-state index in [0.717, 1.165) is 12.3 Å². The average Bonchev–Trinajstić information content (AvgIpc) is 2.55. The van der Waals surface area contributed by atoms with Gasteiger partial charge in [0, 0.05) is 0 Å². The predicted molar refractivity (Wildman–Crippen MR) is 43.3 cm³/mol. The second-order valence-electron chi connectivity index (χ2n) is 3.34. The van der Waals surface area contributed by atoms with Gasteiger partial charge in [-0.1, -0.05) is 0 Å². The molecule has 2 nitrogen and oxygen atoms in total. The van der Waals surface area contributed by atoms with Crippen LogP contribution in [-0.2, 0) is 5.54 Å². The molecule has 1 N–H and O–H groups in total. The molecule has 1 aromatic rings. The van der Waals surface area contributed by atoms with Crippen molar-refractivity contribution in [2.45, 2.75) is 25.3 Å². The molecule has 1 aromatic heterocycles. The lowest BCUT2D eigenvalue weighted by molar-refractivity contribution is 0.334. The molecule has 2 heterocycles. The summed E-state index contributed by atoms with van der Waals surface area (Å²) in [6.45, 7) is 3.30. The van der Waals surface area contributed by atoms with E-state index in [-0.39, 0.29) is 5.54 Å². The van der Waals surface area contributed by atoms with Crippen molar-refractivity contribution in [3.63, 3.8) is 0 Å². The SMILES string of the molecule is CC1(c2ccco2)CCCN1. The van der Waals surface area contributed by atoms with E-state index >= 15 is 0 Å². The Hall–Kier alpha value is -0.760. The molecule has 1 aliphatic rings. The summed E-state index contributed by atoms with van der Waals surface area (Å²) >= 11 is 0. The van der Waals surface area contributed by atoms with Gasteiger partial charge in [0.2, 0.25) is 0 Å². The van der Waals surface area contributed by atoms with E-state index in [2.05, 4.69) is 12.2 Å². The van der Waals surface area contributed by atoms with Gasteiger partial charge in [-0.05, 0) is 38.4 Å². The maximum atomic E-state index is 5.36. The standard InChI is InChI=1S/C9H13NO/c1-9(5-3-6-10-9)8-4-2-7-11-8/h2,4,7,10H,3,5-6H2,1H3. The minimum Gasteiger partial charge on any atom is -0.467 e. The average molecular weight is 151 g/mol. The summed E-state index contributed by atoms with van der Waals surface area (Å²) in [6, 6.07) is 3.99. The summed E-state index contributed by atoms with van der Waals surface area (Å²) in [4.78, 5) is 0. The first kappa shape index (κ1) is 6.92. The highest BCUT2D eigenvalue weighted by atomic mass is 16.3. The van der Waals surface area contributed by atoms with Crippen molar-refractivity contribution in [2.75, 3.05) is 6.54 Å². The Kier molecular flexibility index (Phi) is 1.50. The number of hydrogen-bond acceptors (Lipinski definition) is 2. The zero-order chi connectivity index (χ0) is 7.73. The highest BCUT2D eigenvalue weighted by Gasteiger charge is 2.32. The van der Waals surface area contributed by atoms with E-state index in [4.69, 9.17) is 4.42 Å². The van der Waals surface area contributed by atoms with Gasteiger partial charge in [0.15, 0.2) is 0 Å². The summed E-state index contributed by atoms with van der Waals surface area (Å²) in [6.07, 6.45) is 4.16. The molecule has 0 saturated carbocycles. The lowest BCUT2D eigenvalue weighted by Gasteiger charge is -2.20. The van der Waals surface area contributed by atoms with Crippen molar-refractivity contribution in [2.24, 2.45) is 0 Å². The van der Waals surface area contributed by atoms with Crippen LogP contribution in [0, 0.1) is 0 Å². The van der Waals surface area contributed by atoms with Gasteiger partial charge in [-0.2, -0.15) is 0 Å². The van der Waals surface area contributed by atoms with Crippen LogP contribution in [0.3, 0.4) is 0 Å². The quantitative estimate of drug-likeness (QED) is 0.663. The molecule has 0 amide bonds. The van der Waals surface area contributed by atoms with Crippen LogP contribution in [0.15, 0.2) is 22.8 Å². The first-order chi connectivity index (χ1) is 5.31. The molecule has 0 spiro atoms. The van der Waals surface area contributed by atoms with Crippen molar-refractivity contribution >= 4 is 0 Å². The second kappa shape index (κ2) is 2.38. The van der Waals surface area contributed by atoms with Crippen LogP contribution < -0.4 is 5.32 Å². The van der Waals surface area contributed by atoms with E-state index in [1.807, 2.05) is 12.1 Å². The van der Waals surface area contributed by atoms with Crippen molar-refractivity contribution in [3.8, 4) is 0 Å². The molecule has 0 radical (unpaired) electrons. The van der Waals surface area contributed by atoms with Crippen molar-refractivity contribution in [1.82, 2.24) is 5.32 Å². The lowest BCUT2D eigenvalue weighted by atomic mass is 9.97.